The molecule has 11 heteroatoms. The first-order valence-electron chi connectivity index (χ1n) is 16.1. The number of halogens is 1. The summed E-state index contributed by atoms with van der Waals surface area (Å²) in [6.45, 7) is 12.1. The number of aliphatic hydroxyl groups is 1. The lowest BCUT2D eigenvalue weighted by Crippen LogP contribution is -2.20. The topological polar surface area (TPSA) is 83.9 Å². The second-order valence-electron chi connectivity index (χ2n) is 11.9. The molecule has 6 nitrogen and oxygen atoms in total. The number of aryl methyl sites for hydroxylation is 1. The highest BCUT2D eigenvalue weighted by Crippen LogP contribution is 2.44. The predicted molar refractivity (Wildman–Crippen MR) is 214 cm³/mol. The summed E-state index contributed by atoms with van der Waals surface area (Å²) in [6, 6.07) is 17.7. The van der Waals surface area contributed by atoms with Crippen molar-refractivity contribution in [2.75, 3.05) is 13.4 Å². The number of ether oxygens (including phenoxy) is 2. The molecule has 0 radical (unpaired) electrons. The molecule has 260 valence electrons. The molecule has 0 saturated heterocycles. The number of methoxy groups -OCH3 is 1. The van der Waals surface area contributed by atoms with E-state index in [1.165, 1.54) is 48.3 Å². The molecule has 0 aliphatic rings. The number of nitriles is 1. The Labute approximate surface area is 317 Å². The van der Waals surface area contributed by atoms with Gasteiger partial charge in [-0.15, -0.1) is 23.1 Å². The van der Waals surface area contributed by atoms with E-state index in [2.05, 4.69) is 39.8 Å². The molecule has 2 unspecified atom stereocenters. The van der Waals surface area contributed by atoms with Gasteiger partial charge in [-0.25, -0.2) is 4.85 Å². The summed E-state index contributed by atoms with van der Waals surface area (Å²) in [7, 11) is 1.57. The van der Waals surface area contributed by atoms with Gasteiger partial charge < -0.3 is 14.6 Å². The Hall–Kier alpha value is -2.64. The maximum Gasteiger partial charge on any atom is 0.306 e. The number of benzene rings is 2. The third-order valence-electron chi connectivity index (χ3n) is 8.19. The fraction of sp³-hybridized carbons (Fsp3) is 0.421. The van der Waals surface area contributed by atoms with Crippen molar-refractivity contribution < 1.29 is 19.4 Å². The molecule has 2 aromatic carbocycles. The highest BCUT2D eigenvalue weighted by atomic mass is 79.9. The zero-order chi connectivity index (χ0) is 35.8. The van der Waals surface area contributed by atoms with Crippen LogP contribution < -0.4 is 4.74 Å². The van der Waals surface area contributed by atoms with Gasteiger partial charge in [-0.2, -0.15) is 5.26 Å². The Balaban J connectivity index is 1.72. The van der Waals surface area contributed by atoms with E-state index in [0.29, 0.717) is 29.9 Å². The molecule has 0 aliphatic heterocycles. The summed E-state index contributed by atoms with van der Waals surface area (Å²) < 4.78 is 13.0. The van der Waals surface area contributed by atoms with Gasteiger partial charge in [0.1, 0.15) is 15.9 Å². The number of aliphatic hydroxyl groups excluding tert-OH is 1. The van der Waals surface area contributed by atoms with Gasteiger partial charge in [0, 0.05) is 22.1 Å². The van der Waals surface area contributed by atoms with Crippen LogP contribution in [0.1, 0.15) is 96.7 Å². The number of esters is 1. The molecule has 3 aromatic rings. The number of hydrogen-bond acceptors (Lipinski definition) is 9. The average molecular weight is 800 g/mol. The zero-order valence-electron chi connectivity index (χ0n) is 28.4. The number of hydrogen-bond donors (Lipinski definition) is 1. The number of thioether (sulfide) groups is 2. The Morgan fingerprint density at radius 2 is 1.98 bits per heavy atom. The van der Waals surface area contributed by atoms with Crippen molar-refractivity contribution in [2.45, 2.75) is 83.7 Å². The molecule has 1 N–H and O–H groups in total. The van der Waals surface area contributed by atoms with Crippen LogP contribution in [-0.4, -0.2) is 28.0 Å². The lowest BCUT2D eigenvalue weighted by atomic mass is 9.81. The smallest absolute Gasteiger partial charge is 0.306 e. The lowest BCUT2D eigenvalue weighted by Gasteiger charge is -2.27. The van der Waals surface area contributed by atoms with E-state index in [4.69, 9.17) is 28.3 Å². The molecule has 1 aromatic heterocycles. The fourth-order valence-electron chi connectivity index (χ4n) is 5.30. The van der Waals surface area contributed by atoms with Crippen molar-refractivity contribution in [3.05, 3.63) is 96.4 Å². The molecule has 0 bridgehead atoms. The number of rotatable bonds is 18. The summed E-state index contributed by atoms with van der Waals surface area (Å²) in [5.41, 5.74) is 4.01. The second-order valence-corrected chi connectivity index (χ2v) is 17.6. The van der Waals surface area contributed by atoms with E-state index < -0.39 is 5.41 Å². The average Bonchev–Trinajstić information content (AvgIpc) is 3.48. The van der Waals surface area contributed by atoms with Gasteiger partial charge in [-0.05, 0) is 101 Å². The number of carbonyl (C=O) groups is 1. The van der Waals surface area contributed by atoms with Crippen LogP contribution in [-0.2, 0) is 29.2 Å². The Bertz CT molecular complexity index is 1680. The zero-order valence-corrected chi connectivity index (χ0v) is 33.3. The van der Waals surface area contributed by atoms with Crippen molar-refractivity contribution in [1.29, 1.82) is 5.26 Å². The van der Waals surface area contributed by atoms with Gasteiger partial charge in [-0.3, -0.25) is 4.79 Å². The van der Waals surface area contributed by atoms with Gasteiger partial charge in [0.2, 0.25) is 0 Å². The van der Waals surface area contributed by atoms with E-state index >= 15 is 0 Å². The highest BCUT2D eigenvalue weighted by molar-refractivity contribution is 9.11. The van der Waals surface area contributed by atoms with Crippen LogP contribution in [0.4, 0.5) is 0 Å². The first kappa shape index (κ1) is 40.8. The molecule has 49 heavy (non-hydrogen) atoms. The quantitative estimate of drug-likeness (QED) is 0.0448. The van der Waals surface area contributed by atoms with Crippen LogP contribution in [0.5, 0.6) is 5.75 Å². The van der Waals surface area contributed by atoms with Crippen LogP contribution in [0, 0.1) is 23.3 Å². The molecule has 2 atom stereocenters. The minimum absolute atomic E-state index is 0.111. The van der Waals surface area contributed by atoms with Crippen molar-refractivity contribution in [1.82, 2.24) is 0 Å². The van der Waals surface area contributed by atoms with Crippen LogP contribution in [0.15, 0.2) is 52.3 Å². The number of nitrogens with zero attached hydrogens (tertiary/aromatic N) is 2. The second kappa shape index (κ2) is 20.9. The highest BCUT2D eigenvalue weighted by Gasteiger charge is 2.31. The molecule has 0 amide bonds. The molecular formula is C38H43BrN2O4S4. The van der Waals surface area contributed by atoms with Crippen LogP contribution in [0.2, 0.25) is 0 Å². The number of unbranched alkanes of at least 4 members (excludes halogenated alkanes) is 3. The van der Waals surface area contributed by atoms with Crippen molar-refractivity contribution >= 4 is 84.3 Å². The van der Waals surface area contributed by atoms with Gasteiger partial charge in [0.25, 0.3) is 0 Å². The standard InChI is InChI=1S/C38H43BrN2O4S4/c1-6-7-8-9-10-29-21-35(39)48-34(29)24-45-36(43)17-18-38(2,25-40)22-33(49-37(46)47-5)28-14-12-27(13-15-28)31(41-3)20-30-19-26(23-42)11-16-32(30)44-4/h11-16,19-21,33,42H,6-10,17-18,22-24H2,1-2,4-5H3/b31-20-. The summed E-state index contributed by atoms with van der Waals surface area (Å²) in [4.78, 5) is 17.7. The molecule has 1 heterocycles. The van der Waals surface area contributed by atoms with Gasteiger partial charge in [-0.1, -0.05) is 80.5 Å². The minimum Gasteiger partial charge on any atom is -0.496 e. The van der Waals surface area contributed by atoms with Crippen molar-refractivity contribution in [3.63, 3.8) is 0 Å². The Kier molecular flexibility index (Phi) is 17.4. The van der Waals surface area contributed by atoms with E-state index in [0.717, 1.165) is 41.7 Å². The van der Waals surface area contributed by atoms with E-state index in [1.807, 2.05) is 37.4 Å². The summed E-state index contributed by atoms with van der Waals surface area (Å²) in [5.74, 6) is 0.301. The van der Waals surface area contributed by atoms with Crippen LogP contribution in [0.25, 0.3) is 16.6 Å². The number of thiophene rings is 1. The minimum atomic E-state index is -0.796. The third kappa shape index (κ3) is 12.9. The predicted octanol–water partition coefficient (Wildman–Crippen LogP) is 11.4. The Morgan fingerprint density at radius 3 is 2.61 bits per heavy atom. The number of thiocarbonyl (C=S) groups is 1. The van der Waals surface area contributed by atoms with Gasteiger partial charge >= 0.3 is 5.97 Å². The molecular weight excluding hydrogens is 757 g/mol. The molecule has 0 aliphatic carbocycles. The number of carbonyl (C=O) groups excluding carboxylic acids is 1. The fourth-order valence-corrected chi connectivity index (χ4v) is 9.07. The first-order chi connectivity index (χ1) is 23.6. The first-order valence-corrected chi connectivity index (χ1v) is 20.3. The van der Waals surface area contributed by atoms with Gasteiger partial charge in [0.05, 0.1) is 35.6 Å². The summed E-state index contributed by atoms with van der Waals surface area (Å²) in [6.07, 6.45) is 10.4. The third-order valence-corrected chi connectivity index (χ3v) is 12.7. The monoisotopic (exact) mass is 798 g/mol. The normalized spacial score (nSPS) is 13.2. The van der Waals surface area contributed by atoms with Crippen molar-refractivity contribution in [2.24, 2.45) is 5.41 Å². The van der Waals surface area contributed by atoms with E-state index in [1.54, 1.807) is 42.7 Å². The van der Waals surface area contributed by atoms with Crippen LogP contribution >= 0.6 is 63.0 Å². The molecule has 3 rings (SSSR count). The molecule has 0 saturated carbocycles. The summed E-state index contributed by atoms with van der Waals surface area (Å²) in [5, 5.41) is 19.8. The SMILES string of the molecule is [C-]#[N+]/C(=C\c1cc(CO)ccc1OC)c1ccc(C(CC(C)(C#N)CCC(=O)OCc2sc(Br)cc2CCCCCC)SC(=S)SC)cc1. The molecule has 0 spiro atoms. The van der Waals surface area contributed by atoms with E-state index in [9.17, 15) is 15.2 Å². The Morgan fingerprint density at radius 1 is 1.22 bits per heavy atom. The van der Waals surface area contributed by atoms with E-state index in [-0.39, 0.29) is 30.9 Å². The van der Waals surface area contributed by atoms with Crippen molar-refractivity contribution in [3.8, 4) is 11.8 Å². The maximum absolute atomic E-state index is 12.9. The molecule has 0 fully saturated rings. The maximum atomic E-state index is 12.9. The van der Waals surface area contributed by atoms with Crippen LogP contribution in [0.3, 0.4) is 0 Å². The largest absolute Gasteiger partial charge is 0.496 e. The summed E-state index contributed by atoms with van der Waals surface area (Å²) >= 11 is 13.8. The lowest BCUT2D eigenvalue weighted by molar-refractivity contribution is -0.145. The van der Waals surface area contributed by atoms with Gasteiger partial charge in [0.15, 0.2) is 5.70 Å².